The van der Waals surface area contributed by atoms with E-state index in [9.17, 15) is 0 Å². The van der Waals surface area contributed by atoms with Crippen LogP contribution < -0.4 is 5.32 Å². The van der Waals surface area contributed by atoms with Crippen LogP contribution in [0, 0.1) is 20.8 Å². The van der Waals surface area contributed by atoms with E-state index in [2.05, 4.69) is 38.2 Å². The van der Waals surface area contributed by atoms with Gasteiger partial charge >= 0.3 is 0 Å². The average Bonchev–Trinajstić information content (AvgIpc) is 2.37. The molecule has 0 spiro atoms. The molecule has 2 aromatic rings. The number of hydrogen-bond donors (Lipinski definition) is 1. The van der Waals surface area contributed by atoms with E-state index in [1.807, 2.05) is 0 Å². The second-order valence-electron chi connectivity index (χ2n) is 4.96. The fourth-order valence-corrected chi connectivity index (χ4v) is 2.67. The molecule has 0 saturated heterocycles. The first kappa shape index (κ1) is 15.5. The van der Waals surface area contributed by atoms with Gasteiger partial charge < -0.3 is 5.32 Å². The van der Waals surface area contributed by atoms with Crippen molar-refractivity contribution >= 4 is 40.5 Å². The molecule has 106 valence electrons. The summed E-state index contributed by atoms with van der Waals surface area (Å²) in [6.07, 6.45) is 0. The van der Waals surface area contributed by atoms with Crippen molar-refractivity contribution in [2.45, 2.75) is 27.3 Å². The zero-order valence-electron chi connectivity index (χ0n) is 11.7. The van der Waals surface area contributed by atoms with Crippen molar-refractivity contribution in [3.05, 3.63) is 61.6 Å². The van der Waals surface area contributed by atoms with Gasteiger partial charge in [-0.1, -0.05) is 46.9 Å². The maximum absolute atomic E-state index is 6.16. The van der Waals surface area contributed by atoms with Gasteiger partial charge in [-0.05, 0) is 55.2 Å². The van der Waals surface area contributed by atoms with Crippen LogP contribution in [0.1, 0.15) is 22.3 Å². The third-order valence-electron chi connectivity index (χ3n) is 3.43. The molecule has 4 heteroatoms. The summed E-state index contributed by atoms with van der Waals surface area (Å²) < 4.78 is 0. The van der Waals surface area contributed by atoms with Gasteiger partial charge in [-0.2, -0.15) is 0 Å². The summed E-state index contributed by atoms with van der Waals surface area (Å²) in [4.78, 5) is 0. The van der Waals surface area contributed by atoms with E-state index in [0.717, 1.165) is 5.69 Å². The van der Waals surface area contributed by atoms with E-state index in [1.54, 1.807) is 12.1 Å². The Morgan fingerprint density at radius 2 is 1.35 bits per heavy atom. The van der Waals surface area contributed by atoms with Crippen molar-refractivity contribution in [3.8, 4) is 0 Å². The van der Waals surface area contributed by atoms with Crippen LogP contribution in [0.4, 0.5) is 5.69 Å². The molecule has 1 N–H and O–H groups in total. The Balaban J connectivity index is 2.21. The summed E-state index contributed by atoms with van der Waals surface area (Å²) in [6, 6.07) is 7.80. The Labute approximate surface area is 134 Å². The molecule has 0 amide bonds. The Bertz CT molecular complexity index is 593. The molecule has 20 heavy (non-hydrogen) atoms. The second kappa shape index (κ2) is 6.26. The number of halogens is 3. The normalized spacial score (nSPS) is 10.7. The first-order chi connectivity index (χ1) is 9.38. The molecule has 0 atom stereocenters. The smallest absolute Gasteiger partial charge is 0.0653 e. The first-order valence-electron chi connectivity index (χ1n) is 6.33. The van der Waals surface area contributed by atoms with Gasteiger partial charge in [0, 0.05) is 6.54 Å². The van der Waals surface area contributed by atoms with E-state index in [4.69, 9.17) is 34.8 Å². The summed E-state index contributed by atoms with van der Waals surface area (Å²) in [5.74, 6) is 0. The first-order valence-corrected chi connectivity index (χ1v) is 7.47. The standard InChI is InChI=1S/C16H16Cl3N/c1-9-4-11(3)12(5-10(9)2)8-20-16-7-14(18)13(17)6-15(16)19/h4-7,20H,8H2,1-3H3. The number of anilines is 1. The molecule has 1 nitrogen and oxygen atoms in total. The molecule has 0 bridgehead atoms. The Kier molecular flexibility index (Phi) is 4.85. The van der Waals surface area contributed by atoms with Crippen LogP contribution in [0.5, 0.6) is 0 Å². The molecule has 0 aliphatic heterocycles. The predicted molar refractivity (Wildman–Crippen MR) is 89.5 cm³/mol. The quantitative estimate of drug-likeness (QED) is 0.663. The lowest BCUT2D eigenvalue weighted by molar-refractivity contribution is 1.10. The second-order valence-corrected chi connectivity index (χ2v) is 6.18. The molecule has 2 aromatic carbocycles. The minimum atomic E-state index is 0.463. The average molecular weight is 329 g/mol. The fourth-order valence-electron chi connectivity index (χ4n) is 2.06. The number of benzene rings is 2. The van der Waals surface area contributed by atoms with Gasteiger partial charge in [0.25, 0.3) is 0 Å². The van der Waals surface area contributed by atoms with Gasteiger partial charge in [0.2, 0.25) is 0 Å². The number of rotatable bonds is 3. The summed E-state index contributed by atoms with van der Waals surface area (Å²) in [6.45, 7) is 7.05. The van der Waals surface area contributed by atoms with Gasteiger partial charge in [-0.3, -0.25) is 0 Å². The Morgan fingerprint density at radius 3 is 2.05 bits per heavy atom. The van der Waals surface area contributed by atoms with Gasteiger partial charge in [0.15, 0.2) is 0 Å². The van der Waals surface area contributed by atoms with Crippen LogP contribution in [-0.4, -0.2) is 0 Å². The lowest BCUT2D eigenvalue weighted by atomic mass is 10.0. The zero-order valence-corrected chi connectivity index (χ0v) is 13.9. The fraction of sp³-hybridized carbons (Fsp3) is 0.250. The lowest BCUT2D eigenvalue weighted by Gasteiger charge is -2.13. The molecule has 2 rings (SSSR count). The third kappa shape index (κ3) is 3.41. The zero-order chi connectivity index (χ0) is 14.9. The maximum atomic E-state index is 6.16. The number of aryl methyl sites for hydroxylation is 3. The van der Waals surface area contributed by atoms with E-state index < -0.39 is 0 Å². The Morgan fingerprint density at radius 1 is 0.750 bits per heavy atom. The van der Waals surface area contributed by atoms with Gasteiger partial charge in [-0.15, -0.1) is 0 Å². The van der Waals surface area contributed by atoms with Gasteiger partial charge in [0.1, 0.15) is 0 Å². The highest BCUT2D eigenvalue weighted by Crippen LogP contribution is 2.32. The third-order valence-corrected chi connectivity index (χ3v) is 4.47. The van der Waals surface area contributed by atoms with Gasteiger partial charge in [0.05, 0.1) is 20.8 Å². The number of nitrogens with one attached hydrogen (secondary N) is 1. The van der Waals surface area contributed by atoms with Crippen molar-refractivity contribution in [3.63, 3.8) is 0 Å². The highest BCUT2D eigenvalue weighted by Gasteiger charge is 2.07. The van der Waals surface area contributed by atoms with Crippen LogP contribution in [0.2, 0.25) is 15.1 Å². The molecule has 0 radical (unpaired) electrons. The van der Waals surface area contributed by atoms with Crippen molar-refractivity contribution < 1.29 is 0 Å². The van der Waals surface area contributed by atoms with E-state index in [0.29, 0.717) is 21.6 Å². The molecule has 0 aromatic heterocycles. The predicted octanol–water partition coefficient (Wildman–Crippen LogP) is 6.18. The van der Waals surface area contributed by atoms with Crippen molar-refractivity contribution in [1.29, 1.82) is 0 Å². The van der Waals surface area contributed by atoms with Crippen LogP contribution in [-0.2, 0) is 6.54 Å². The van der Waals surface area contributed by atoms with E-state index in [-0.39, 0.29) is 0 Å². The molecule has 0 unspecified atom stereocenters. The highest BCUT2D eigenvalue weighted by molar-refractivity contribution is 6.44. The SMILES string of the molecule is Cc1cc(C)c(CNc2cc(Cl)c(Cl)cc2Cl)cc1C. The topological polar surface area (TPSA) is 12.0 Å². The van der Waals surface area contributed by atoms with Crippen LogP contribution in [0.3, 0.4) is 0 Å². The molecule has 0 heterocycles. The lowest BCUT2D eigenvalue weighted by Crippen LogP contribution is -2.03. The Hall–Kier alpha value is -0.890. The van der Waals surface area contributed by atoms with Crippen molar-refractivity contribution in [1.82, 2.24) is 0 Å². The van der Waals surface area contributed by atoms with Crippen LogP contribution >= 0.6 is 34.8 Å². The summed E-state index contributed by atoms with van der Waals surface area (Å²) in [7, 11) is 0. The summed E-state index contributed by atoms with van der Waals surface area (Å²) in [5, 5.41) is 4.84. The van der Waals surface area contributed by atoms with Gasteiger partial charge in [-0.25, -0.2) is 0 Å². The van der Waals surface area contributed by atoms with Crippen molar-refractivity contribution in [2.75, 3.05) is 5.32 Å². The maximum Gasteiger partial charge on any atom is 0.0653 e. The van der Waals surface area contributed by atoms with E-state index >= 15 is 0 Å². The monoisotopic (exact) mass is 327 g/mol. The molecule has 0 aliphatic carbocycles. The summed E-state index contributed by atoms with van der Waals surface area (Å²) >= 11 is 18.1. The van der Waals surface area contributed by atoms with Crippen LogP contribution in [0.25, 0.3) is 0 Å². The molecular formula is C16H16Cl3N. The largest absolute Gasteiger partial charge is 0.380 e. The number of hydrogen-bond acceptors (Lipinski definition) is 1. The van der Waals surface area contributed by atoms with E-state index in [1.165, 1.54) is 22.3 Å². The molecular weight excluding hydrogens is 313 g/mol. The van der Waals surface area contributed by atoms with Crippen molar-refractivity contribution in [2.24, 2.45) is 0 Å². The minimum Gasteiger partial charge on any atom is -0.380 e. The van der Waals surface area contributed by atoms with Crippen LogP contribution in [0.15, 0.2) is 24.3 Å². The highest BCUT2D eigenvalue weighted by atomic mass is 35.5. The molecule has 0 fully saturated rings. The molecule has 0 aliphatic rings. The minimum absolute atomic E-state index is 0.463. The molecule has 0 saturated carbocycles. The summed E-state index contributed by atoms with van der Waals surface area (Å²) in [5.41, 5.74) is 5.89.